The normalized spacial score (nSPS) is 10.3. The Morgan fingerprint density at radius 2 is 1.47 bits per heavy atom. The molecule has 0 aliphatic carbocycles. The smallest absolute Gasteiger partial charge is 0.255 e. The molecule has 0 heterocycles. The first-order valence-corrected chi connectivity index (χ1v) is 9.50. The largest absolute Gasteiger partial charge is 0.493 e. The summed E-state index contributed by atoms with van der Waals surface area (Å²) < 4.78 is 21.6. The van der Waals surface area contributed by atoms with E-state index in [4.69, 9.17) is 30.5 Å². The molecule has 0 fully saturated rings. The summed E-state index contributed by atoms with van der Waals surface area (Å²) >= 11 is 5.89. The fourth-order valence-electron chi connectivity index (χ4n) is 2.80. The molecule has 0 spiro atoms. The minimum Gasteiger partial charge on any atom is -0.493 e. The summed E-state index contributed by atoms with van der Waals surface area (Å²) in [4.78, 5) is 12.7. The highest BCUT2D eigenvalue weighted by Gasteiger charge is 2.17. The Labute approximate surface area is 180 Å². The Balaban J connectivity index is 1.66. The van der Waals surface area contributed by atoms with Crippen LogP contribution in [0.4, 0.5) is 5.69 Å². The fraction of sp³-hybridized carbons (Fsp3) is 0.174. The number of amides is 1. The van der Waals surface area contributed by atoms with Gasteiger partial charge < -0.3 is 24.3 Å². The minimum atomic E-state index is -0.302. The van der Waals surface area contributed by atoms with Gasteiger partial charge in [0.2, 0.25) is 5.75 Å². The SMILES string of the molecule is COc1cc(C(=O)Nc2ccc(OCc3ccc(Cl)cc3)cc2)cc(OC)c1OC. The summed E-state index contributed by atoms with van der Waals surface area (Å²) in [6.07, 6.45) is 0. The van der Waals surface area contributed by atoms with Gasteiger partial charge >= 0.3 is 0 Å². The molecular formula is C23H22ClNO5. The molecule has 0 aliphatic heterocycles. The molecule has 0 aromatic heterocycles. The van der Waals surface area contributed by atoms with E-state index in [1.54, 1.807) is 36.4 Å². The summed E-state index contributed by atoms with van der Waals surface area (Å²) in [5, 5.41) is 3.53. The Bertz CT molecular complexity index is 978. The number of anilines is 1. The lowest BCUT2D eigenvalue weighted by molar-refractivity contribution is 0.102. The monoisotopic (exact) mass is 427 g/mol. The number of ether oxygens (including phenoxy) is 4. The molecular weight excluding hydrogens is 406 g/mol. The molecule has 0 aliphatic rings. The van der Waals surface area contributed by atoms with E-state index in [0.717, 1.165) is 5.56 Å². The van der Waals surface area contributed by atoms with Gasteiger partial charge in [0.1, 0.15) is 12.4 Å². The van der Waals surface area contributed by atoms with E-state index in [0.29, 0.717) is 45.9 Å². The van der Waals surface area contributed by atoms with Gasteiger partial charge in [-0.1, -0.05) is 23.7 Å². The third-order valence-electron chi connectivity index (χ3n) is 4.36. The molecule has 3 aromatic rings. The zero-order chi connectivity index (χ0) is 21.5. The van der Waals surface area contributed by atoms with Crippen LogP contribution in [-0.2, 0) is 6.61 Å². The molecule has 1 N–H and O–H groups in total. The minimum absolute atomic E-state index is 0.302. The van der Waals surface area contributed by atoms with Crippen LogP contribution < -0.4 is 24.3 Å². The Morgan fingerprint density at radius 3 is 2.00 bits per heavy atom. The van der Waals surface area contributed by atoms with Gasteiger partial charge in [0.25, 0.3) is 5.91 Å². The zero-order valence-electron chi connectivity index (χ0n) is 16.9. The third-order valence-corrected chi connectivity index (χ3v) is 4.61. The van der Waals surface area contributed by atoms with E-state index < -0.39 is 0 Å². The van der Waals surface area contributed by atoms with Crippen LogP contribution in [0.5, 0.6) is 23.0 Å². The van der Waals surface area contributed by atoms with Crippen LogP contribution in [0.1, 0.15) is 15.9 Å². The molecule has 3 aromatic carbocycles. The summed E-state index contributed by atoms with van der Waals surface area (Å²) in [5.74, 6) is 1.64. The van der Waals surface area contributed by atoms with Crippen LogP contribution in [0.25, 0.3) is 0 Å². The van der Waals surface area contributed by atoms with Crippen molar-refractivity contribution in [3.8, 4) is 23.0 Å². The van der Waals surface area contributed by atoms with Crippen LogP contribution in [0, 0.1) is 0 Å². The standard InChI is InChI=1S/C23H22ClNO5/c1-27-20-12-16(13-21(28-2)22(20)29-3)23(26)25-18-8-10-19(11-9-18)30-14-15-4-6-17(24)7-5-15/h4-13H,14H2,1-3H3,(H,25,26). The Hall–Kier alpha value is -3.38. The number of halogens is 1. The van der Waals surface area contributed by atoms with Crippen LogP contribution in [0.3, 0.4) is 0 Å². The van der Waals surface area contributed by atoms with Gasteiger partial charge in [0.15, 0.2) is 11.5 Å². The molecule has 1 amide bonds. The zero-order valence-corrected chi connectivity index (χ0v) is 17.7. The maximum atomic E-state index is 12.7. The van der Waals surface area contributed by atoms with Gasteiger partial charge in [0, 0.05) is 16.3 Å². The first-order chi connectivity index (χ1) is 14.5. The lowest BCUT2D eigenvalue weighted by Crippen LogP contribution is -2.12. The number of hydrogen-bond acceptors (Lipinski definition) is 5. The molecule has 0 atom stereocenters. The molecule has 156 valence electrons. The van der Waals surface area contributed by atoms with Gasteiger partial charge in [-0.05, 0) is 54.1 Å². The second kappa shape index (κ2) is 9.89. The molecule has 0 bridgehead atoms. The quantitative estimate of drug-likeness (QED) is 0.535. The number of nitrogens with one attached hydrogen (secondary N) is 1. The maximum Gasteiger partial charge on any atom is 0.255 e. The van der Waals surface area contributed by atoms with Crippen molar-refractivity contribution in [2.75, 3.05) is 26.6 Å². The van der Waals surface area contributed by atoms with Gasteiger partial charge in [-0.15, -0.1) is 0 Å². The highest BCUT2D eigenvalue weighted by atomic mass is 35.5. The van der Waals surface area contributed by atoms with E-state index in [1.165, 1.54) is 21.3 Å². The molecule has 0 saturated heterocycles. The highest BCUT2D eigenvalue weighted by molar-refractivity contribution is 6.30. The molecule has 3 rings (SSSR count). The number of hydrogen-bond donors (Lipinski definition) is 1. The van der Waals surface area contributed by atoms with E-state index in [1.807, 2.05) is 24.3 Å². The number of rotatable bonds is 8. The van der Waals surface area contributed by atoms with E-state index in [9.17, 15) is 4.79 Å². The summed E-state index contributed by atoms with van der Waals surface area (Å²) in [6.45, 7) is 0.425. The molecule has 7 heteroatoms. The predicted octanol–water partition coefficient (Wildman–Crippen LogP) is 5.20. The average Bonchev–Trinajstić information content (AvgIpc) is 2.78. The summed E-state index contributed by atoms with van der Waals surface area (Å²) in [6, 6.07) is 17.8. The lowest BCUT2D eigenvalue weighted by atomic mass is 10.1. The topological polar surface area (TPSA) is 66.0 Å². The van der Waals surface area contributed by atoms with Crippen molar-refractivity contribution < 1.29 is 23.7 Å². The molecule has 0 unspecified atom stereocenters. The van der Waals surface area contributed by atoms with Crippen molar-refractivity contribution in [3.63, 3.8) is 0 Å². The van der Waals surface area contributed by atoms with Crippen molar-refractivity contribution in [2.24, 2.45) is 0 Å². The second-order valence-electron chi connectivity index (χ2n) is 6.31. The first-order valence-electron chi connectivity index (χ1n) is 9.12. The average molecular weight is 428 g/mol. The van der Waals surface area contributed by atoms with Crippen LogP contribution in [0.2, 0.25) is 5.02 Å². The molecule has 30 heavy (non-hydrogen) atoms. The van der Waals surface area contributed by atoms with Crippen molar-refractivity contribution in [1.29, 1.82) is 0 Å². The van der Waals surface area contributed by atoms with Crippen molar-refractivity contribution >= 4 is 23.2 Å². The van der Waals surface area contributed by atoms with Crippen molar-refractivity contribution in [2.45, 2.75) is 6.61 Å². The Morgan fingerprint density at radius 1 is 0.867 bits per heavy atom. The highest BCUT2D eigenvalue weighted by Crippen LogP contribution is 2.38. The molecule has 0 radical (unpaired) electrons. The number of methoxy groups -OCH3 is 3. The van der Waals surface area contributed by atoms with E-state index in [-0.39, 0.29) is 5.91 Å². The van der Waals surface area contributed by atoms with Gasteiger partial charge in [-0.25, -0.2) is 0 Å². The second-order valence-corrected chi connectivity index (χ2v) is 6.74. The van der Waals surface area contributed by atoms with Crippen LogP contribution in [-0.4, -0.2) is 27.2 Å². The maximum absolute atomic E-state index is 12.7. The van der Waals surface area contributed by atoms with Gasteiger partial charge in [-0.2, -0.15) is 0 Å². The number of carbonyl (C=O) groups excluding carboxylic acids is 1. The predicted molar refractivity (Wildman–Crippen MR) is 116 cm³/mol. The van der Waals surface area contributed by atoms with E-state index in [2.05, 4.69) is 5.32 Å². The summed E-state index contributed by atoms with van der Waals surface area (Å²) in [5.41, 5.74) is 2.03. The summed E-state index contributed by atoms with van der Waals surface area (Å²) in [7, 11) is 4.51. The van der Waals surface area contributed by atoms with Crippen molar-refractivity contribution in [1.82, 2.24) is 0 Å². The van der Waals surface area contributed by atoms with E-state index >= 15 is 0 Å². The first kappa shape index (κ1) is 21.3. The number of carbonyl (C=O) groups is 1. The van der Waals surface area contributed by atoms with Crippen LogP contribution >= 0.6 is 11.6 Å². The lowest BCUT2D eigenvalue weighted by Gasteiger charge is -2.14. The van der Waals surface area contributed by atoms with Gasteiger partial charge in [0.05, 0.1) is 21.3 Å². The van der Waals surface area contributed by atoms with Gasteiger partial charge in [-0.3, -0.25) is 4.79 Å². The molecule has 6 nitrogen and oxygen atoms in total. The van der Waals surface area contributed by atoms with Crippen molar-refractivity contribution in [3.05, 3.63) is 76.8 Å². The Kier molecular flexibility index (Phi) is 7.03. The van der Waals surface area contributed by atoms with Crippen LogP contribution in [0.15, 0.2) is 60.7 Å². The molecule has 0 saturated carbocycles. The third kappa shape index (κ3) is 5.15. The number of benzene rings is 3. The fourth-order valence-corrected chi connectivity index (χ4v) is 2.92.